The zero-order chi connectivity index (χ0) is 19.6. The molecule has 1 aliphatic rings. The number of likely N-dealkylation sites (tertiary alicyclic amines) is 1. The summed E-state index contributed by atoms with van der Waals surface area (Å²) in [5, 5.41) is 3.96. The van der Waals surface area contributed by atoms with Crippen molar-refractivity contribution in [3.63, 3.8) is 0 Å². The summed E-state index contributed by atoms with van der Waals surface area (Å²) in [5.41, 5.74) is 2.33. The molecule has 1 atom stereocenters. The van der Waals surface area contributed by atoms with Crippen LogP contribution in [0.3, 0.4) is 0 Å². The molecule has 148 valence electrons. The highest BCUT2D eigenvalue weighted by atomic mass is 32.2. The predicted molar refractivity (Wildman–Crippen MR) is 103 cm³/mol. The van der Waals surface area contributed by atoms with Gasteiger partial charge in [-0.05, 0) is 58.0 Å². The molecule has 1 N–H and O–H groups in total. The van der Waals surface area contributed by atoms with Crippen LogP contribution in [-0.2, 0) is 10.0 Å². The quantitative estimate of drug-likeness (QED) is 0.779. The van der Waals surface area contributed by atoms with Gasteiger partial charge in [0.15, 0.2) is 5.76 Å². The van der Waals surface area contributed by atoms with E-state index in [4.69, 9.17) is 9.26 Å². The number of benzene rings is 1. The average Bonchev–Trinajstić information content (AvgIpc) is 3.26. The summed E-state index contributed by atoms with van der Waals surface area (Å²) >= 11 is 0. The molecule has 0 aliphatic carbocycles. The lowest BCUT2D eigenvalue weighted by molar-refractivity contribution is 0.268. The Labute approximate surface area is 160 Å². The van der Waals surface area contributed by atoms with Crippen molar-refractivity contribution in [1.29, 1.82) is 0 Å². The van der Waals surface area contributed by atoms with E-state index in [9.17, 15) is 8.42 Å². The topological polar surface area (TPSA) is 84.7 Å². The highest BCUT2D eigenvalue weighted by Gasteiger charge is 2.27. The van der Waals surface area contributed by atoms with Crippen molar-refractivity contribution in [2.45, 2.75) is 44.6 Å². The predicted octanol–water partition coefficient (Wildman–Crippen LogP) is 2.73. The Bertz CT molecular complexity index is 908. The summed E-state index contributed by atoms with van der Waals surface area (Å²) in [7, 11) is -2.26. The summed E-state index contributed by atoms with van der Waals surface area (Å²) in [6, 6.07) is 5.24. The molecule has 1 unspecified atom stereocenters. The molecule has 0 spiro atoms. The number of sulfonamides is 1. The molecule has 2 heterocycles. The van der Waals surface area contributed by atoms with Gasteiger partial charge >= 0.3 is 0 Å². The minimum atomic E-state index is -3.72. The van der Waals surface area contributed by atoms with Crippen LogP contribution in [0, 0.1) is 13.8 Å². The van der Waals surface area contributed by atoms with Gasteiger partial charge in [0.2, 0.25) is 10.0 Å². The third-order valence-corrected chi connectivity index (χ3v) is 6.73. The first-order valence-electron chi connectivity index (χ1n) is 9.22. The van der Waals surface area contributed by atoms with Crippen molar-refractivity contribution in [1.82, 2.24) is 14.8 Å². The molecule has 0 bridgehead atoms. The van der Waals surface area contributed by atoms with Gasteiger partial charge in [-0.2, -0.15) is 0 Å². The largest absolute Gasteiger partial charge is 0.495 e. The summed E-state index contributed by atoms with van der Waals surface area (Å²) in [5.74, 6) is 0.874. The van der Waals surface area contributed by atoms with Crippen LogP contribution in [0.5, 0.6) is 5.75 Å². The fraction of sp³-hybridized carbons (Fsp3) is 0.526. The van der Waals surface area contributed by atoms with Crippen LogP contribution in [0.25, 0.3) is 11.3 Å². The number of hydrogen-bond donors (Lipinski definition) is 1. The zero-order valence-corrected chi connectivity index (χ0v) is 17.1. The monoisotopic (exact) mass is 393 g/mol. The Morgan fingerprint density at radius 2 is 2.15 bits per heavy atom. The summed E-state index contributed by atoms with van der Waals surface area (Å²) < 4.78 is 39.4. The molecule has 0 saturated carbocycles. The van der Waals surface area contributed by atoms with Crippen molar-refractivity contribution in [3.8, 4) is 17.1 Å². The van der Waals surface area contributed by atoms with E-state index in [1.54, 1.807) is 18.2 Å². The van der Waals surface area contributed by atoms with Gasteiger partial charge in [0.1, 0.15) is 10.6 Å². The van der Waals surface area contributed by atoms with E-state index in [2.05, 4.69) is 21.7 Å². The molecule has 1 aromatic heterocycles. The van der Waals surface area contributed by atoms with Gasteiger partial charge in [-0.1, -0.05) is 12.1 Å². The molecule has 2 aromatic rings. The van der Waals surface area contributed by atoms with Gasteiger partial charge in [0.05, 0.1) is 12.8 Å². The van der Waals surface area contributed by atoms with Crippen LogP contribution in [0.4, 0.5) is 0 Å². The van der Waals surface area contributed by atoms with Crippen LogP contribution in [-0.4, -0.2) is 51.3 Å². The minimum absolute atomic E-state index is 0.108. The van der Waals surface area contributed by atoms with Crippen LogP contribution in [0.15, 0.2) is 27.6 Å². The maximum absolute atomic E-state index is 13.0. The Kier molecular flexibility index (Phi) is 5.88. The second-order valence-corrected chi connectivity index (χ2v) is 8.60. The highest BCUT2D eigenvalue weighted by molar-refractivity contribution is 7.89. The van der Waals surface area contributed by atoms with Crippen molar-refractivity contribution in [2.75, 3.05) is 26.7 Å². The Balaban J connectivity index is 1.89. The molecule has 0 amide bonds. The lowest BCUT2D eigenvalue weighted by Gasteiger charge is -2.23. The number of ether oxygens (including phenoxy) is 1. The van der Waals surface area contributed by atoms with Crippen LogP contribution >= 0.6 is 0 Å². The summed E-state index contributed by atoms with van der Waals surface area (Å²) in [6.45, 7) is 8.19. The second-order valence-electron chi connectivity index (χ2n) is 6.86. The molecule has 1 fully saturated rings. The summed E-state index contributed by atoms with van der Waals surface area (Å²) in [4.78, 5) is 2.41. The molecule has 0 radical (unpaired) electrons. The van der Waals surface area contributed by atoms with Crippen LogP contribution in [0.2, 0.25) is 0 Å². The molecule has 7 nitrogen and oxygen atoms in total. The van der Waals surface area contributed by atoms with Gasteiger partial charge in [-0.3, -0.25) is 4.90 Å². The number of aromatic nitrogens is 1. The molecular weight excluding hydrogens is 366 g/mol. The van der Waals surface area contributed by atoms with Crippen LogP contribution in [0.1, 0.15) is 31.0 Å². The first-order valence-corrected chi connectivity index (χ1v) is 10.7. The third kappa shape index (κ3) is 4.02. The fourth-order valence-corrected chi connectivity index (χ4v) is 4.80. The smallest absolute Gasteiger partial charge is 0.244 e. The van der Waals surface area contributed by atoms with Crippen molar-refractivity contribution in [3.05, 3.63) is 29.5 Å². The number of methoxy groups -OCH3 is 1. The van der Waals surface area contributed by atoms with Gasteiger partial charge in [-0.25, -0.2) is 13.1 Å². The second kappa shape index (κ2) is 8.00. The van der Waals surface area contributed by atoms with Gasteiger partial charge in [-0.15, -0.1) is 0 Å². The Morgan fingerprint density at radius 3 is 2.78 bits per heavy atom. The lowest BCUT2D eigenvalue weighted by atomic mass is 10.1. The van der Waals surface area contributed by atoms with E-state index < -0.39 is 10.0 Å². The van der Waals surface area contributed by atoms with Crippen molar-refractivity contribution in [2.24, 2.45) is 0 Å². The molecule has 1 aliphatic heterocycles. The molecular formula is C19H27N3O4S. The zero-order valence-electron chi connectivity index (χ0n) is 16.3. The molecule has 8 heteroatoms. The SMILES string of the molecule is CCN1CCCC1CNS(=O)(=O)c1cc(-c2onc(C)c2C)ccc1OC. The highest BCUT2D eigenvalue weighted by Crippen LogP contribution is 2.32. The van der Waals surface area contributed by atoms with Gasteiger partial charge < -0.3 is 9.26 Å². The van der Waals surface area contributed by atoms with Gasteiger partial charge in [0.25, 0.3) is 0 Å². The molecule has 1 aromatic carbocycles. The number of hydrogen-bond acceptors (Lipinski definition) is 6. The van der Waals surface area contributed by atoms with Gasteiger partial charge in [0, 0.05) is 23.7 Å². The van der Waals surface area contributed by atoms with E-state index in [0.29, 0.717) is 23.6 Å². The average molecular weight is 394 g/mol. The van der Waals surface area contributed by atoms with E-state index in [-0.39, 0.29) is 10.9 Å². The maximum Gasteiger partial charge on any atom is 0.244 e. The first kappa shape index (κ1) is 19.9. The number of likely N-dealkylation sites (N-methyl/N-ethyl adjacent to an activating group) is 1. The number of aryl methyl sites for hydroxylation is 1. The minimum Gasteiger partial charge on any atom is -0.495 e. The van der Waals surface area contributed by atoms with Crippen molar-refractivity contribution >= 4 is 10.0 Å². The Morgan fingerprint density at radius 1 is 1.37 bits per heavy atom. The molecule has 27 heavy (non-hydrogen) atoms. The first-order chi connectivity index (χ1) is 12.9. The van der Waals surface area contributed by atoms with E-state index in [1.165, 1.54) is 7.11 Å². The van der Waals surface area contributed by atoms with Crippen LogP contribution < -0.4 is 9.46 Å². The standard InChI is InChI=1S/C19H27N3O4S/c1-5-22-10-6-7-16(22)12-20-27(23,24)18-11-15(8-9-17(18)25-4)19-13(2)14(3)21-26-19/h8-9,11,16,20H,5-7,10,12H2,1-4H3. The normalized spacial score (nSPS) is 18.1. The van der Waals surface area contributed by atoms with E-state index in [0.717, 1.165) is 37.2 Å². The molecule has 1 saturated heterocycles. The maximum atomic E-state index is 13.0. The van der Waals surface area contributed by atoms with E-state index >= 15 is 0 Å². The van der Waals surface area contributed by atoms with E-state index in [1.807, 2.05) is 13.8 Å². The third-order valence-electron chi connectivity index (χ3n) is 5.29. The number of rotatable bonds is 7. The number of nitrogens with zero attached hydrogens (tertiary/aromatic N) is 2. The summed E-state index contributed by atoms with van der Waals surface area (Å²) in [6.07, 6.45) is 2.10. The van der Waals surface area contributed by atoms with Crippen molar-refractivity contribution < 1.29 is 17.7 Å². The Hall–Kier alpha value is -1.90. The fourth-order valence-electron chi connectivity index (χ4n) is 3.54. The number of nitrogens with one attached hydrogen (secondary N) is 1. The molecule has 3 rings (SSSR count). The lowest BCUT2D eigenvalue weighted by Crippen LogP contribution is -2.40.